The summed E-state index contributed by atoms with van der Waals surface area (Å²) >= 11 is 0. The number of nitrogens with two attached hydrogens (primary N) is 2. The van der Waals surface area contributed by atoms with Gasteiger partial charge in [0, 0.05) is 5.56 Å². The summed E-state index contributed by atoms with van der Waals surface area (Å²) in [7, 11) is 0. The van der Waals surface area contributed by atoms with E-state index < -0.39 is 12.1 Å². The zero-order valence-electron chi connectivity index (χ0n) is 11.0. The van der Waals surface area contributed by atoms with Crippen molar-refractivity contribution < 1.29 is 23.8 Å². The molecule has 0 fully saturated rings. The Hall–Kier alpha value is -1.96. The topological polar surface area (TPSA) is 114 Å². The number of primary amides is 1. The molecule has 1 aromatic rings. The lowest BCUT2D eigenvalue weighted by molar-refractivity contribution is -0.123. The zero-order valence-corrected chi connectivity index (χ0v) is 11.0. The number of carbonyl (C=O) groups is 2. The predicted molar refractivity (Wildman–Crippen MR) is 71.3 cm³/mol. The van der Waals surface area contributed by atoms with Gasteiger partial charge >= 0.3 is 0 Å². The zero-order chi connectivity index (χ0) is 14.8. The molecule has 0 saturated carbocycles. The maximum Gasteiger partial charge on any atom is 0.243 e. The Morgan fingerprint density at radius 2 is 2.15 bits per heavy atom. The number of benzene rings is 1. The molecular weight excluding hydrogens is 264 g/mol. The molecule has 1 aromatic carbocycles. The Morgan fingerprint density at radius 3 is 2.85 bits per heavy atom. The van der Waals surface area contributed by atoms with Gasteiger partial charge in [0.15, 0.2) is 0 Å². The largest absolute Gasteiger partial charge is 0.489 e. The van der Waals surface area contributed by atoms with E-state index in [2.05, 4.69) is 0 Å². The maximum absolute atomic E-state index is 10.6. The van der Waals surface area contributed by atoms with Crippen LogP contribution in [-0.2, 0) is 14.3 Å². The van der Waals surface area contributed by atoms with E-state index in [1.165, 1.54) is 0 Å². The highest BCUT2D eigenvalue weighted by Crippen LogP contribution is 2.11. The molecule has 1 rings (SSSR count). The standard InChI is InChI=1S/C13H18N2O5/c14-12(17)8-18-4-5-19-13(15)9-20-11-3-1-2-10(6-11)7-16/h1-3,6-7,13H,4-5,8-9,15H2,(H2,14,17). The molecule has 7 nitrogen and oxygen atoms in total. The minimum absolute atomic E-state index is 0.137. The number of hydrogen-bond acceptors (Lipinski definition) is 6. The van der Waals surface area contributed by atoms with Gasteiger partial charge in [-0.3, -0.25) is 9.59 Å². The average Bonchev–Trinajstić information content (AvgIpc) is 2.44. The van der Waals surface area contributed by atoms with Crippen LogP contribution in [0.25, 0.3) is 0 Å². The first-order chi connectivity index (χ1) is 9.61. The summed E-state index contributed by atoms with van der Waals surface area (Å²) in [5, 5.41) is 0. The van der Waals surface area contributed by atoms with Crippen molar-refractivity contribution in [1.29, 1.82) is 0 Å². The predicted octanol–water partition coefficient (Wildman–Crippen LogP) is -0.319. The van der Waals surface area contributed by atoms with Crippen molar-refractivity contribution in [1.82, 2.24) is 0 Å². The lowest BCUT2D eigenvalue weighted by Gasteiger charge is -2.14. The second-order valence-electron chi connectivity index (χ2n) is 3.93. The van der Waals surface area contributed by atoms with E-state index in [9.17, 15) is 9.59 Å². The molecule has 1 unspecified atom stereocenters. The van der Waals surface area contributed by atoms with Gasteiger partial charge < -0.3 is 25.7 Å². The molecule has 1 atom stereocenters. The second kappa shape index (κ2) is 9.03. The van der Waals surface area contributed by atoms with E-state index in [4.69, 9.17) is 25.7 Å². The van der Waals surface area contributed by atoms with Crippen LogP contribution in [0, 0.1) is 0 Å². The number of rotatable bonds is 10. The van der Waals surface area contributed by atoms with Gasteiger partial charge in [0.05, 0.1) is 13.2 Å². The summed E-state index contributed by atoms with van der Waals surface area (Å²) in [6.07, 6.45) is 0.103. The highest BCUT2D eigenvalue weighted by Gasteiger charge is 2.04. The summed E-state index contributed by atoms with van der Waals surface area (Å²) in [5.41, 5.74) is 11.1. The van der Waals surface area contributed by atoms with Gasteiger partial charge in [-0.15, -0.1) is 0 Å². The van der Waals surface area contributed by atoms with Crippen LogP contribution in [-0.4, -0.2) is 44.8 Å². The lowest BCUT2D eigenvalue weighted by Crippen LogP contribution is -2.32. The van der Waals surface area contributed by atoms with Crippen molar-refractivity contribution in [2.75, 3.05) is 26.4 Å². The fourth-order valence-electron chi connectivity index (χ4n) is 1.34. The molecule has 0 heterocycles. The average molecular weight is 282 g/mol. The normalized spacial score (nSPS) is 11.8. The van der Waals surface area contributed by atoms with Gasteiger partial charge in [-0.25, -0.2) is 0 Å². The van der Waals surface area contributed by atoms with Crippen LogP contribution >= 0.6 is 0 Å². The first kappa shape index (κ1) is 16.1. The fourth-order valence-corrected chi connectivity index (χ4v) is 1.34. The van der Waals surface area contributed by atoms with Crippen molar-refractivity contribution in [3.63, 3.8) is 0 Å². The Balaban J connectivity index is 2.17. The SMILES string of the molecule is NC(=O)COCCOC(N)COc1cccc(C=O)c1. The van der Waals surface area contributed by atoms with Crippen molar-refractivity contribution in [2.24, 2.45) is 11.5 Å². The van der Waals surface area contributed by atoms with Crippen molar-refractivity contribution in [2.45, 2.75) is 6.23 Å². The van der Waals surface area contributed by atoms with Crippen LogP contribution in [0.4, 0.5) is 0 Å². The van der Waals surface area contributed by atoms with E-state index in [0.29, 0.717) is 11.3 Å². The monoisotopic (exact) mass is 282 g/mol. The third-order valence-corrected chi connectivity index (χ3v) is 2.21. The number of carbonyl (C=O) groups excluding carboxylic acids is 2. The molecule has 0 spiro atoms. The van der Waals surface area contributed by atoms with Crippen LogP contribution in [0.2, 0.25) is 0 Å². The molecule has 0 aliphatic heterocycles. The van der Waals surface area contributed by atoms with Crippen LogP contribution in [0.15, 0.2) is 24.3 Å². The summed E-state index contributed by atoms with van der Waals surface area (Å²) < 4.78 is 15.5. The molecule has 7 heteroatoms. The van der Waals surface area contributed by atoms with Crippen molar-refractivity contribution in [3.05, 3.63) is 29.8 Å². The quantitative estimate of drug-likeness (QED) is 0.345. The molecule has 1 amide bonds. The third kappa shape index (κ3) is 6.83. The van der Waals surface area contributed by atoms with Gasteiger partial charge in [-0.1, -0.05) is 12.1 Å². The first-order valence-corrected chi connectivity index (χ1v) is 6.03. The van der Waals surface area contributed by atoms with Gasteiger partial charge in [0.2, 0.25) is 5.91 Å². The molecule has 0 aliphatic rings. The summed E-state index contributed by atoms with van der Waals surface area (Å²) in [4.78, 5) is 21.0. The number of amides is 1. The molecule has 0 saturated heterocycles. The minimum atomic E-state index is -0.632. The van der Waals surface area contributed by atoms with Crippen LogP contribution in [0.3, 0.4) is 0 Å². The molecule has 20 heavy (non-hydrogen) atoms. The Morgan fingerprint density at radius 1 is 1.35 bits per heavy atom. The molecule has 0 aliphatic carbocycles. The summed E-state index contributed by atoms with van der Waals surface area (Å²) in [6, 6.07) is 6.71. The third-order valence-electron chi connectivity index (χ3n) is 2.21. The molecule has 110 valence electrons. The van der Waals surface area contributed by atoms with Gasteiger partial charge in [-0.05, 0) is 12.1 Å². The smallest absolute Gasteiger partial charge is 0.243 e. The summed E-state index contributed by atoms with van der Waals surface area (Å²) in [6.45, 7) is 0.440. The van der Waals surface area contributed by atoms with Crippen molar-refractivity contribution >= 4 is 12.2 Å². The van der Waals surface area contributed by atoms with Crippen LogP contribution < -0.4 is 16.2 Å². The number of aldehydes is 1. The molecule has 0 aromatic heterocycles. The molecule has 4 N–H and O–H groups in total. The Labute approximate surface area is 116 Å². The van der Waals surface area contributed by atoms with E-state index in [1.54, 1.807) is 24.3 Å². The number of ether oxygens (including phenoxy) is 3. The second-order valence-corrected chi connectivity index (χ2v) is 3.93. The van der Waals surface area contributed by atoms with E-state index in [-0.39, 0.29) is 26.4 Å². The van der Waals surface area contributed by atoms with Crippen LogP contribution in [0.1, 0.15) is 10.4 Å². The highest BCUT2D eigenvalue weighted by molar-refractivity contribution is 5.75. The minimum Gasteiger partial charge on any atom is -0.489 e. The van der Waals surface area contributed by atoms with Crippen LogP contribution in [0.5, 0.6) is 5.75 Å². The fraction of sp³-hybridized carbons (Fsp3) is 0.385. The highest BCUT2D eigenvalue weighted by atomic mass is 16.6. The summed E-state index contributed by atoms with van der Waals surface area (Å²) in [5.74, 6) is 0.00585. The van der Waals surface area contributed by atoms with E-state index in [0.717, 1.165) is 6.29 Å². The van der Waals surface area contributed by atoms with E-state index >= 15 is 0 Å². The first-order valence-electron chi connectivity index (χ1n) is 6.03. The van der Waals surface area contributed by atoms with Crippen molar-refractivity contribution in [3.8, 4) is 5.75 Å². The maximum atomic E-state index is 10.6. The molecule has 0 bridgehead atoms. The van der Waals surface area contributed by atoms with E-state index in [1.807, 2.05) is 0 Å². The Kier molecular flexibility index (Phi) is 7.26. The van der Waals surface area contributed by atoms with Gasteiger partial charge in [0.25, 0.3) is 0 Å². The Bertz CT molecular complexity index is 439. The van der Waals surface area contributed by atoms with Gasteiger partial charge in [-0.2, -0.15) is 0 Å². The lowest BCUT2D eigenvalue weighted by atomic mass is 10.2. The molecule has 0 radical (unpaired) electrons. The van der Waals surface area contributed by atoms with Gasteiger partial charge in [0.1, 0.15) is 31.5 Å². The number of hydrogen-bond donors (Lipinski definition) is 2. The molecular formula is C13H18N2O5.